The Kier molecular flexibility index (Phi) is 8.10. The van der Waals surface area contributed by atoms with Crippen LogP contribution in [0.15, 0.2) is 42.5 Å². The van der Waals surface area contributed by atoms with Gasteiger partial charge in [0.2, 0.25) is 5.91 Å². The summed E-state index contributed by atoms with van der Waals surface area (Å²) >= 11 is 0. The average Bonchev–Trinajstić information content (AvgIpc) is 3.41. The van der Waals surface area contributed by atoms with Crippen molar-refractivity contribution in [2.75, 3.05) is 0 Å². The zero-order valence-corrected chi connectivity index (χ0v) is 28.5. The molecule has 5 saturated carbocycles. The van der Waals surface area contributed by atoms with Crippen LogP contribution in [0, 0.1) is 56.7 Å². The molecule has 0 aromatic heterocycles. The molecule has 0 spiro atoms. The predicted octanol–water partition coefficient (Wildman–Crippen LogP) is 6.88. The second-order valence-electron chi connectivity index (χ2n) is 17.0. The van der Waals surface area contributed by atoms with E-state index in [1.165, 1.54) is 0 Å². The van der Waals surface area contributed by atoms with Gasteiger partial charge in [0.25, 0.3) is 0 Å². The molecule has 0 heterocycles. The number of fused-ring (bicyclic) bond motifs is 7. The molecular weight excluding hydrogens is 578 g/mol. The predicted molar refractivity (Wildman–Crippen MR) is 177 cm³/mol. The fraction of sp³-hybridized carbons (Fsp3) is 0.718. The number of aliphatic hydroxyl groups is 1. The maximum atomic E-state index is 14.3. The molecule has 12 atom stereocenters. The van der Waals surface area contributed by atoms with Crippen molar-refractivity contribution >= 4 is 17.8 Å². The number of carboxylic acid groups (broad SMARTS) is 2. The lowest BCUT2D eigenvalue weighted by Gasteiger charge is -2.72. The quantitative estimate of drug-likeness (QED) is 0.243. The summed E-state index contributed by atoms with van der Waals surface area (Å²) in [6.07, 6.45) is 7.57. The summed E-state index contributed by atoms with van der Waals surface area (Å²) in [6, 6.07) is 8.25. The van der Waals surface area contributed by atoms with Crippen LogP contribution >= 0.6 is 0 Å². The van der Waals surface area contributed by atoms with Crippen LogP contribution in [0.1, 0.15) is 104 Å². The van der Waals surface area contributed by atoms with Crippen molar-refractivity contribution in [3.8, 4) is 0 Å². The average molecular weight is 634 g/mol. The topological polar surface area (TPSA) is 124 Å². The number of aliphatic carboxylic acids is 2. The fourth-order valence-corrected chi connectivity index (χ4v) is 12.9. The van der Waals surface area contributed by atoms with E-state index in [9.17, 15) is 29.7 Å². The first-order valence-corrected chi connectivity index (χ1v) is 17.7. The largest absolute Gasteiger partial charge is 0.481 e. The molecule has 4 N–H and O–H groups in total. The third-order valence-electron chi connectivity index (χ3n) is 15.5. The molecule has 5 fully saturated rings. The number of rotatable bonds is 7. The lowest BCUT2D eigenvalue weighted by atomic mass is 9.32. The normalized spacial score (nSPS) is 45.3. The van der Waals surface area contributed by atoms with Crippen LogP contribution in [0.25, 0.3) is 0 Å². The summed E-state index contributed by atoms with van der Waals surface area (Å²) in [4.78, 5) is 39.6. The first kappa shape index (κ1) is 33.2. The Balaban J connectivity index is 1.31. The van der Waals surface area contributed by atoms with Gasteiger partial charge >= 0.3 is 11.9 Å². The second-order valence-corrected chi connectivity index (χ2v) is 17.0. The summed E-state index contributed by atoms with van der Waals surface area (Å²) in [5, 5.41) is 35.2. The van der Waals surface area contributed by atoms with Crippen LogP contribution in [-0.4, -0.2) is 45.3 Å². The van der Waals surface area contributed by atoms with Crippen molar-refractivity contribution in [3.05, 3.63) is 48.0 Å². The zero-order valence-electron chi connectivity index (χ0n) is 28.5. The van der Waals surface area contributed by atoms with Gasteiger partial charge in [-0.05, 0) is 129 Å². The van der Waals surface area contributed by atoms with Gasteiger partial charge in [-0.1, -0.05) is 63.3 Å². The molecule has 1 amide bonds. The Morgan fingerprint density at radius 3 is 2.20 bits per heavy atom. The number of nitrogens with one attached hydrogen (secondary N) is 1. The van der Waals surface area contributed by atoms with E-state index in [0.29, 0.717) is 24.7 Å². The standard InChI is InChI=1S/C39H55NO6/c1-23(2)25-14-19-39(34(45)46)21-20-36(4)26(31(25)39)12-13-28-35(3)17-16-30(41)38(6,29(35)15-18-37(28,36)5)33(44)40-27(32(42)43)22-24-10-8-7-9-11-24/h7-11,25-31,41H,1,12-22H2,2-6H3,(H,40,44)(H,42,43)(H,45,46)/t25-,26+,27-,28+,29+,30+,31+,35+,36+,37+,38-,39-/m0/s1. The molecule has 1 aromatic carbocycles. The molecular formula is C39H55NO6. The van der Waals surface area contributed by atoms with Crippen molar-refractivity contribution < 1.29 is 29.7 Å². The summed E-state index contributed by atoms with van der Waals surface area (Å²) in [5.74, 6) is -1.19. The third-order valence-corrected chi connectivity index (χ3v) is 15.5. The van der Waals surface area contributed by atoms with Crippen molar-refractivity contribution in [2.45, 2.75) is 117 Å². The van der Waals surface area contributed by atoms with Crippen LogP contribution in [0.2, 0.25) is 0 Å². The molecule has 0 radical (unpaired) electrons. The summed E-state index contributed by atoms with van der Waals surface area (Å²) in [6.45, 7) is 15.6. The third kappa shape index (κ3) is 4.49. The number of benzene rings is 1. The summed E-state index contributed by atoms with van der Waals surface area (Å²) in [5.41, 5.74) is -0.106. The number of carbonyl (C=O) groups is 3. The Morgan fingerprint density at radius 1 is 0.870 bits per heavy atom. The first-order valence-electron chi connectivity index (χ1n) is 17.7. The molecule has 1 aromatic rings. The van der Waals surface area contributed by atoms with Gasteiger partial charge in [0.1, 0.15) is 6.04 Å². The van der Waals surface area contributed by atoms with Gasteiger partial charge < -0.3 is 20.6 Å². The molecule has 5 aliphatic carbocycles. The lowest BCUT2D eigenvalue weighted by Crippen LogP contribution is -2.69. The van der Waals surface area contributed by atoms with Crippen LogP contribution in [-0.2, 0) is 20.8 Å². The monoisotopic (exact) mass is 633 g/mol. The first-order chi connectivity index (χ1) is 21.6. The molecule has 7 nitrogen and oxygen atoms in total. The highest BCUT2D eigenvalue weighted by Gasteiger charge is 2.73. The molecule has 46 heavy (non-hydrogen) atoms. The van der Waals surface area contributed by atoms with Gasteiger partial charge in [-0.3, -0.25) is 9.59 Å². The minimum Gasteiger partial charge on any atom is -0.481 e. The molecule has 6 rings (SSSR count). The summed E-state index contributed by atoms with van der Waals surface area (Å²) < 4.78 is 0. The number of aliphatic hydroxyl groups excluding tert-OH is 1. The maximum absolute atomic E-state index is 14.3. The highest BCUT2D eigenvalue weighted by molar-refractivity contribution is 5.88. The maximum Gasteiger partial charge on any atom is 0.326 e. The SMILES string of the molecule is C=C(C)[C@@H]1CC[C@]2(C(=O)O)CC[C@]3(C)[C@H](CC[C@@H]4[C@@]5(C)CC[C@@H](O)[C@@](C)(C(=O)N[C@@H](Cc6ccccc6)C(=O)O)[C@@H]5CC[C@]43C)[C@@H]12. The second kappa shape index (κ2) is 11.2. The van der Waals surface area contributed by atoms with Gasteiger partial charge in [-0.25, -0.2) is 4.79 Å². The Morgan fingerprint density at radius 2 is 1.57 bits per heavy atom. The molecule has 7 heteroatoms. The number of hydrogen-bond donors (Lipinski definition) is 4. The van der Waals surface area contributed by atoms with Gasteiger partial charge in [0, 0.05) is 6.42 Å². The lowest BCUT2D eigenvalue weighted by molar-refractivity contribution is -0.248. The number of carbonyl (C=O) groups excluding carboxylic acids is 1. The summed E-state index contributed by atoms with van der Waals surface area (Å²) in [7, 11) is 0. The number of carboxylic acids is 2. The van der Waals surface area contributed by atoms with Gasteiger partial charge in [0.05, 0.1) is 16.9 Å². The van der Waals surface area contributed by atoms with E-state index in [2.05, 4.69) is 39.6 Å². The van der Waals surface area contributed by atoms with E-state index in [-0.39, 0.29) is 46.3 Å². The van der Waals surface area contributed by atoms with Gasteiger partial charge in [-0.15, -0.1) is 0 Å². The van der Waals surface area contributed by atoms with Crippen LogP contribution in [0.5, 0.6) is 0 Å². The minimum absolute atomic E-state index is 0.0371. The van der Waals surface area contributed by atoms with Crippen molar-refractivity contribution in [2.24, 2.45) is 56.7 Å². The van der Waals surface area contributed by atoms with Crippen molar-refractivity contribution in [3.63, 3.8) is 0 Å². The molecule has 0 saturated heterocycles. The Labute approximate surface area is 274 Å². The van der Waals surface area contributed by atoms with E-state index in [0.717, 1.165) is 62.5 Å². The van der Waals surface area contributed by atoms with Gasteiger partial charge in [0.15, 0.2) is 0 Å². The highest BCUT2D eigenvalue weighted by Crippen LogP contribution is 2.77. The molecule has 5 aliphatic rings. The van der Waals surface area contributed by atoms with E-state index < -0.39 is 34.9 Å². The smallest absolute Gasteiger partial charge is 0.326 e. The van der Waals surface area contributed by atoms with Crippen LogP contribution in [0.3, 0.4) is 0 Å². The van der Waals surface area contributed by atoms with Crippen LogP contribution in [0.4, 0.5) is 0 Å². The molecule has 0 unspecified atom stereocenters. The van der Waals surface area contributed by atoms with Crippen molar-refractivity contribution in [1.29, 1.82) is 0 Å². The Hall–Kier alpha value is -2.67. The van der Waals surface area contributed by atoms with Crippen LogP contribution < -0.4 is 5.32 Å². The van der Waals surface area contributed by atoms with E-state index in [1.807, 2.05) is 37.3 Å². The minimum atomic E-state index is -1.11. The van der Waals surface area contributed by atoms with Crippen molar-refractivity contribution in [1.82, 2.24) is 5.32 Å². The van der Waals surface area contributed by atoms with Gasteiger partial charge in [-0.2, -0.15) is 0 Å². The number of amides is 1. The van der Waals surface area contributed by atoms with E-state index in [1.54, 1.807) is 0 Å². The zero-order chi connectivity index (χ0) is 33.4. The Bertz CT molecular complexity index is 1410. The molecule has 0 aliphatic heterocycles. The number of hydrogen-bond acceptors (Lipinski definition) is 4. The number of allylic oxidation sites excluding steroid dienone is 1. The molecule has 252 valence electrons. The highest BCUT2D eigenvalue weighted by atomic mass is 16.4. The van der Waals surface area contributed by atoms with E-state index in [4.69, 9.17) is 0 Å². The van der Waals surface area contributed by atoms with E-state index >= 15 is 0 Å². The molecule has 0 bridgehead atoms. The fourth-order valence-electron chi connectivity index (χ4n) is 12.9.